The molecule has 0 aliphatic carbocycles. The van der Waals surface area contributed by atoms with Gasteiger partial charge in [0.1, 0.15) is 6.54 Å². The van der Waals surface area contributed by atoms with E-state index in [4.69, 9.17) is 5.11 Å². The van der Waals surface area contributed by atoms with E-state index in [-0.39, 0.29) is 6.54 Å². The van der Waals surface area contributed by atoms with Crippen molar-refractivity contribution in [3.63, 3.8) is 0 Å². The van der Waals surface area contributed by atoms with Crippen LogP contribution in [0.3, 0.4) is 0 Å². The highest BCUT2D eigenvalue weighted by Crippen LogP contribution is 2.13. The van der Waals surface area contributed by atoms with Gasteiger partial charge in [-0.3, -0.25) is 9.48 Å². The third-order valence-corrected chi connectivity index (χ3v) is 3.12. The molecule has 2 amide bonds. The summed E-state index contributed by atoms with van der Waals surface area (Å²) in [6.07, 6.45) is 1.69. The number of nitrogens with one attached hydrogen (secondary N) is 1. The number of aromatic nitrogens is 2. The third kappa shape index (κ3) is 3.97. The van der Waals surface area contributed by atoms with Gasteiger partial charge in [-0.25, -0.2) is 4.79 Å². The maximum absolute atomic E-state index is 12.1. The van der Waals surface area contributed by atoms with Crippen LogP contribution in [-0.4, -0.2) is 43.9 Å². The summed E-state index contributed by atoms with van der Waals surface area (Å²) in [5, 5.41) is 15.7. The zero-order chi connectivity index (χ0) is 15.5. The number of nitrogens with zero attached hydrogens (tertiary/aromatic N) is 3. The van der Waals surface area contributed by atoms with E-state index in [9.17, 15) is 9.59 Å². The van der Waals surface area contributed by atoms with E-state index in [2.05, 4.69) is 10.4 Å². The van der Waals surface area contributed by atoms with Gasteiger partial charge in [-0.15, -0.1) is 0 Å². The van der Waals surface area contributed by atoms with Gasteiger partial charge in [0.25, 0.3) is 0 Å². The summed E-state index contributed by atoms with van der Waals surface area (Å²) in [7, 11) is 1.83. The van der Waals surface area contributed by atoms with Gasteiger partial charge in [0.15, 0.2) is 0 Å². The van der Waals surface area contributed by atoms with E-state index in [1.54, 1.807) is 31.6 Å². The molecule has 20 heavy (non-hydrogen) atoms. The lowest BCUT2D eigenvalue weighted by Crippen LogP contribution is -2.52. The summed E-state index contributed by atoms with van der Waals surface area (Å²) in [5.74, 6) is -1.03. The molecule has 0 aliphatic rings. The molecule has 0 radical (unpaired) electrons. The first-order valence-electron chi connectivity index (χ1n) is 6.37. The number of aryl methyl sites for hydroxylation is 1. The smallest absolute Gasteiger partial charge is 0.323 e. The van der Waals surface area contributed by atoms with Gasteiger partial charge in [0, 0.05) is 30.4 Å². The van der Waals surface area contributed by atoms with Crippen molar-refractivity contribution in [1.82, 2.24) is 20.0 Å². The number of hydrogen-bond acceptors (Lipinski definition) is 3. The monoisotopic (exact) mass is 282 g/mol. The molecule has 7 nitrogen and oxygen atoms in total. The van der Waals surface area contributed by atoms with Crippen molar-refractivity contribution in [2.45, 2.75) is 39.8 Å². The van der Waals surface area contributed by atoms with Crippen LogP contribution in [0.15, 0.2) is 6.20 Å². The van der Waals surface area contributed by atoms with E-state index in [0.29, 0.717) is 6.54 Å². The predicted octanol–water partition coefficient (Wildman–Crippen LogP) is 1.12. The number of hydrogen-bond donors (Lipinski definition) is 2. The minimum absolute atomic E-state index is 0.324. The average Bonchev–Trinajstić information content (AvgIpc) is 2.62. The Morgan fingerprint density at radius 2 is 2.05 bits per heavy atom. The molecule has 0 atom stereocenters. The second-order valence-corrected chi connectivity index (χ2v) is 5.69. The molecule has 0 aromatic carbocycles. The molecule has 0 bridgehead atoms. The largest absolute Gasteiger partial charge is 0.480 e. The Hall–Kier alpha value is -2.05. The summed E-state index contributed by atoms with van der Waals surface area (Å²) < 4.78 is 1.72. The lowest BCUT2D eigenvalue weighted by atomic mass is 10.1. The Morgan fingerprint density at radius 1 is 1.45 bits per heavy atom. The Bertz CT molecular complexity index is 502. The van der Waals surface area contributed by atoms with Crippen molar-refractivity contribution < 1.29 is 14.7 Å². The lowest BCUT2D eigenvalue weighted by molar-refractivity contribution is -0.138. The van der Waals surface area contributed by atoms with Gasteiger partial charge >= 0.3 is 12.0 Å². The van der Waals surface area contributed by atoms with Crippen molar-refractivity contribution in [3.8, 4) is 0 Å². The molecule has 0 spiro atoms. The molecular formula is C13H22N4O3. The maximum atomic E-state index is 12.1. The molecule has 112 valence electrons. The predicted molar refractivity (Wildman–Crippen MR) is 74.3 cm³/mol. The SMILES string of the molecule is Cc1c(CNC(=O)N(CC(=O)O)C(C)(C)C)cnn1C. The molecule has 0 fully saturated rings. The number of carboxylic acid groups (broad SMARTS) is 1. The number of carboxylic acids is 1. The number of aliphatic carboxylic acids is 1. The fourth-order valence-corrected chi connectivity index (χ4v) is 1.73. The van der Waals surface area contributed by atoms with E-state index in [1.165, 1.54) is 4.90 Å². The fourth-order valence-electron chi connectivity index (χ4n) is 1.73. The standard InChI is InChI=1S/C13H22N4O3/c1-9-10(7-15-16(9)5)6-14-12(20)17(8-11(18)19)13(2,3)4/h7H,6,8H2,1-5H3,(H,14,20)(H,18,19). The lowest BCUT2D eigenvalue weighted by Gasteiger charge is -2.34. The molecule has 7 heteroatoms. The van der Waals surface area contributed by atoms with Crippen LogP contribution in [0.25, 0.3) is 0 Å². The van der Waals surface area contributed by atoms with Crippen LogP contribution in [0.4, 0.5) is 4.79 Å². The average molecular weight is 282 g/mol. The summed E-state index contributed by atoms with van der Waals surface area (Å²) in [5.41, 5.74) is 1.31. The van der Waals surface area contributed by atoms with Gasteiger partial charge in [-0.2, -0.15) is 5.10 Å². The minimum atomic E-state index is -1.03. The van der Waals surface area contributed by atoms with Crippen LogP contribution < -0.4 is 5.32 Å². The molecule has 0 saturated heterocycles. The zero-order valence-corrected chi connectivity index (χ0v) is 12.6. The van der Waals surface area contributed by atoms with Crippen LogP contribution >= 0.6 is 0 Å². The number of rotatable bonds is 4. The van der Waals surface area contributed by atoms with Crippen LogP contribution in [0.1, 0.15) is 32.0 Å². The van der Waals surface area contributed by atoms with Gasteiger partial charge in [0.05, 0.1) is 6.20 Å². The molecule has 1 aromatic heterocycles. The molecule has 1 heterocycles. The van der Waals surface area contributed by atoms with Crippen LogP contribution in [0.5, 0.6) is 0 Å². The van der Waals surface area contributed by atoms with Crippen LogP contribution in [-0.2, 0) is 18.4 Å². The molecule has 0 unspecified atom stereocenters. The molecule has 1 aromatic rings. The second kappa shape index (κ2) is 5.94. The Kier molecular flexibility index (Phi) is 4.75. The van der Waals surface area contributed by atoms with Crippen molar-refractivity contribution in [2.24, 2.45) is 7.05 Å². The first-order valence-corrected chi connectivity index (χ1v) is 6.37. The van der Waals surface area contributed by atoms with E-state index >= 15 is 0 Å². The molecule has 2 N–H and O–H groups in total. The van der Waals surface area contributed by atoms with Crippen molar-refractivity contribution in [3.05, 3.63) is 17.5 Å². The maximum Gasteiger partial charge on any atom is 0.323 e. The van der Waals surface area contributed by atoms with Gasteiger partial charge < -0.3 is 15.3 Å². The first-order chi connectivity index (χ1) is 9.12. The Labute approximate surface area is 118 Å². The highest BCUT2D eigenvalue weighted by atomic mass is 16.4. The molecule has 1 rings (SSSR count). The second-order valence-electron chi connectivity index (χ2n) is 5.69. The molecular weight excluding hydrogens is 260 g/mol. The summed E-state index contributed by atoms with van der Waals surface area (Å²) >= 11 is 0. The minimum Gasteiger partial charge on any atom is -0.480 e. The fraction of sp³-hybridized carbons (Fsp3) is 0.615. The number of amides is 2. The first kappa shape index (κ1) is 16.0. The number of carbonyl (C=O) groups excluding carboxylic acids is 1. The van der Waals surface area contributed by atoms with Gasteiger partial charge in [-0.05, 0) is 27.7 Å². The summed E-state index contributed by atoms with van der Waals surface area (Å²) in [6.45, 7) is 7.29. The normalized spacial score (nSPS) is 11.2. The number of carbonyl (C=O) groups is 2. The summed E-state index contributed by atoms with van der Waals surface area (Å²) in [6, 6.07) is -0.400. The van der Waals surface area contributed by atoms with Crippen molar-refractivity contribution in [2.75, 3.05) is 6.54 Å². The Morgan fingerprint density at radius 3 is 2.45 bits per heavy atom. The highest BCUT2D eigenvalue weighted by Gasteiger charge is 2.28. The number of urea groups is 1. The Balaban J connectivity index is 2.72. The van der Waals surface area contributed by atoms with Gasteiger partial charge in [0.2, 0.25) is 0 Å². The third-order valence-electron chi connectivity index (χ3n) is 3.12. The van der Waals surface area contributed by atoms with Crippen molar-refractivity contribution in [1.29, 1.82) is 0 Å². The van der Waals surface area contributed by atoms with Crippen LogP contribution in [0, 0.1) is 6.92 Å². The van der Waals surface area contributed by atoms with Gasteiger partial charge in [-0.1, -0.05) is 0 Å². The van der Waals surface area contributed by atoms with E-state index in [1.807, 2.05) is 14.0 Å². The topological polar surface area (TPSA) is 87.5 Å². The zero-order valence-electron chi connectivity index (χ0n) is 12.6. The van der Waals surface area contributed by atoms with Crippen molar-refractivity contribution >= 4 is 12.0 Å². The quantitative estimate of drug-likeness (QED) is 0.866. The molecule has 0 aliphatic heterocycles. The summed E-state index contributed by atoms with van der Waals surface area (Å²) in [4.78, 5) is 24.3. The highest BCUT2D eigenvalue weighted by molar-refractivity contribution is 5.80. The van der Waals surface area contributed by atoms with E-state index in [0.717, 1.165) is 11.3 Å². The molecule has 0 saturated carbocycles. The van der Waals surface area contributed by atoms with E-state index < -0.39 is 17.5 Å². The van der Waals surface area contributed by atoms with Crippen LogP contribution in [0.2, 0.25) is 0 Å².